The summed E-state index contributed by atoms with van der Waals surface area (Å²) in [7, 11) is 0. The zero-order chi connectivity index (χ0) is 13.6. The molecule has 20 heavy (non-hydrogen) atoms. The van der Waals surface area contributed by atoms with E-state index in [1.165, 1.54) is 5.56 Å². The Labute approximate surface area is 119 Å². The molecule has 0 unspecified atom stereocenters. The molecule has 1 fully saturated rings. The summed E-state index contributed by atoms with van der Waals surface area (Å²) >= 11 is 0. The molecule has 1 aliphatic carbocycles. The van der Waals surface area contributed by atoms with Crippen molar-refractivity contribution in [2.45, 2.75) is 25.6 Å². The molecule has 1 heterocycles. The van der Waals surface area contributed by atoms with Gasteiger partial charge in [0.15, 0.2) is 0 Å². The van der Waals surface area contributed by atoms with Crippen molar-refractivity contribution in [1.29, 1.82) is 0 Å². The monoisotopic (exact) mass is 269 g/mol. The first kappa shape index (κ1) is 13.1. The Kier molecular flexibility index (Phi) is 4.28. The van der Waals surface area contributed by atoms with Crippen LogP contribution >= 0.6 is 0 Å². The molecule has 1 aromatic carbocycles. The van der Waals surface area contributed by atoms with Crippen LogP contribution in [0.1, 0.15) is 18.4 Å². The van der Waals surface area contributed by atoms with Gasteiger partial charge >= 0.3 is 0 Å². The molecule has 1 aromatic heterocycles. The number of hydrogen-bond donors (Lipinski definition) is 0. The predicted molar refractivity (Wildman–Crippen MR) is 77.5 cm³/mol. The number of hydrogen-bond acceptors (Lipinski definition) is 3. The number of ether oxygens (including phenoxy) is 2. The van der Waals surface area contributed by atoms with Gasteiger partial charge in [0.25, 0.3) is 0 Å². The Morgan fingerprint density at radius 2 is 1.75 bits per heavy atom. The fourth-order valence-corrected chi connectivity index (χ4v) is 2.43. The summed E-state index contributed by atoms with van der Waals surface area (Å²) in [6, 6.07) is 14.1. The number of rotatable bonds is 6. The van der Waals surface area contributed by atoms with Crippen LogP contribution in [0.2, 0.25) is 0 Å². The van der Waals surface area contributed by atoms with E-state index in [-0.39, 0.29) is 0 Å². The molecule has 0 radical (unpaired) electrons. The van der Waals surface area contributed by atoms with Crippen molar-refractivity contribution in [3.8, 4) is 5.75 Å². The first-order valence-corrected chi connectivity index (χ1v) is 7.08. The highest BCUT2D eigenvalue weighted by Gasteiger charge is 2.30. The fourth-order valence-electron chi connectivity index (χ4n) is 2.43. The molecular weight excluding hydrogens is 250 g/mol. The molecule has 0 aliphatic heterocycles. The van der Waals surface area contributed by atoms with Crippen molar-refractivity contribution in [2.75, 3.05) is 6.61 Å². The second-order valence-electron chi connectivity index (χ2n) is 5.26. The third kappa shape index (κ3) is 3.58. The third-order valence-corrected chi connectivity index (χ3v) is 3.61. The topological polar surface area (TPSA) is 31.4 Å². The van der Waals surface area contributed by atoms with Gasteiger partial charge < -0.3 is 9.47 Å². The summed E-state index contributed by atoms with van der Waals surface area (Å²) in [5, 5.41) is 0. The molecule has 0 atom stereocenters. The van der Waals surface area contributed by atoms with Crippen LogP contribution in [0.4, 0.5) is 0 Å². The predicted octanol–water partition coefficient (Wildman–Crippen LogP) is 3.46. The first-order valence-electron chi connectivity index (χ1n) is 7.08. The van der Waals surface area contributed by atoms with E-state index in [0.717, 1.165) is 25.2 Å². The highest BCUT2D eigenvalue weighted by molar-refractivity contribution is 5.17. The summed E-state index contributed by atoms with van der Waals surface area (Å²) in [6.07, 6.45) is 6.01. The Morgan fingerprint density at radius 1 is 1.00 bits per heavy atom. The van der Waals surface area contributed by atoms with E-state index < -0.39 is 0 Å². The number of aromatic nitrogens is 1. The Hall–Kier alpha value is -1.87. The van der Waals surface area contributed by atoms with Crippen molar-refractivity contribution in [3.05, 3.63) is 60.4 Å². The lowest BCUT2D eigenvalue weighted by atomic mass is 9.83. The minimum atomic E-state index is 0.336. The first-order chi connectivity index (χ1) is 9.90. The lowest BCUT2D eigenvalue weighted by molar-refractivity contribution is -0.00253. The summed E-state index contributed by atoms with van der Waals surface area (Å²) in [4.78, 5) is 3.98. The smallest absolute Gasteiger partial charge is 0.122 e. The molecular formula is C17H19NO2. The largest absolute Gasteiger partial charge is 0.490 e. The maximum atomic E-state index is 5.85. The standard InChI is InChI=1S/C17H19NO2/c1-2-4-14(5-3-1)12-19-13-15-10-17(11-15)20-16-6-8-18-9-7-16/h1-9,15,17H,10-13H2/t15-,17+. The highest BCUT2D eigenvalue weighted by atomic mass is 16.5. The normalized spacial score (nSPS) is 21.2. The summed E-state index contributed by atoms with van der Waals surface area (Å²) in [6.45, 7) is 1.53. The van der Waals surface area contributed by atoms with E-state index >= 15 is 0 Å². The van der Waals surface area contributed by atoms with Gasteiger partial charge in [0.1, 0.15) is 5.75 Å². The molecule has 3 nitrogen and oxygen atoms in total. The molecule has 0 bridgehead atoms. The SMILES string of the molecule is c1ccc(COC[C@H]2C[C@@H](Oc3ccncc3)C2)cc1. The molecule has 0 N–H and O–H groups in total. The Bertz CT molecular complexity index is 506. The van der Waals surface area contributed by atoms with Gasteiger partial charge in [-0.2, -0.15) is 0 Å². The second kappa shape index (κ2) is 6.53. The molecule has 3 rings (SSSR count). The second-order valence-corrected chi connectivity index (χ2v) is 5.26. The molecule has 1 saturated carbocycles. The van der Waals surface area contributed by atoms with Gasteiger partial charge in [0.05, 0.1) is 19.3 Å². The highest BCUT2D eigenvalue weighted by Crippen LogP contribution is 2.31. The fraction of sp³-hybridized carbons (Fsp3) is 0.353. The van der Waals surface area contributed by atoms with Crippen LogP contribution in [0.5, 0.6) is 5.75 Å². The molecule has 3 heteroatoms. The molecule has 2 aromatic rings. The van der Waals surface area contributed by atoms with E-state index in [2.05, 4.69) is 17.1 Å². The van der Waals surface area contributed by atoms with Crippen LogP contribution in [0.3, 0.4) is 0 Å². The van der Waals surface area contributed by atoms with Gasteiger partial charge in [-0.3, -0.25) is 4.98 Å². The van der Waals surface area contributed by atoms with Crippen LogP contribution in [-0.2, 0) is 11.3 Å². The quantitative estimate of drug-likeness (QED) is 0.804. The minimum absolute atomic E-state index is 0.336. The zero-order valence-corrected chi connectivity index (χ0v) is 11.4. The van der Waals surface area contributed by atoms with Crippen LogP contribution in [0, 0.1) is 5.92 Å². The molecule has 0 spiro atoms. The maximum Gasteiger partial charge on any atom is 0.122 e. The van der Waals surface area contributed by atoms with Gasteiger partial charge in [-0.1, -0.05) is 30.3 Å². The van der Waals surface area contributed by atoms with E-state index in [9.17, 15) is 0 Å². The van der Waals surface area contributed by atoms with Crippen molar-refractivity contribution in [2.24, 2.45) is 5.92 Å². The molecule has 104 valence electrons. The lowest BCUT2D eigenvalue weighted by Crippen LogP contribution is -2.36. The summed E-state index contributed by atoms with van der Waals surface area (Å²) < 4.78 is 11.6. The molecule has 0 amide bonds. The Morgan fingerprint density at radius 3 is 2.50 bits per heavy atom. The van der Waals surface area contributed by atoms with E-state index in [1.807, 2.05) is 30.3 Å². The lowest BCUT2D eigenvalue weighted by Gasteiger charge is -2.35. The van der Waals surface area contributed by atoms with Gasteiger partial charge in [0, 0.05) is 12.4 Å². The summed E-state index contributed by atoms with van der Waals surface area (Å²) in [5.74, 6) is 1.54. The number of pyridine rings is 1. The zero-order valence-electron chi connectivity index (χ0n) is 11.4. The van der Waals surface area contributed by atoms with E-state index in [4.69, 9.17) is 9.47 Å². The van der Waals surface area contributed by atoms with Crippen molar-refractivity contribution >= 4 is 0 Å². The maximum absolute atomic E-state index is 5.85. The molecule has 1 aliphatic rings. The minimum Gasteiger partial charge on any atom is -0.490 e. The van der Waals surface area contributed by atoms with Crippen molar-refractivity contribution < 1.29 is 9.47 Å². The average molecular weight is 269 g/mol. The van der Waals surface area contributed by atoms with Crippen LogP contribution in [-0.4, -0.2) is 17.7 Å². The summed E-state index contributed by atoms with van der Waals surface area (Å²) in [5.41, 5.74) is 1.23. The number of nitrogens with zero attached hydrogens (tertiary/aromatic N) is 1. The van der Waals surface area contributed by atoms with Crippen molar-refractivity contribution in [1.82, 2.24) is 4.98 Å². The van der Waals surface area contributed by atoms with Gasteiger partial charge in [-0.05, 0) is 36.5 Å². The van der Waals surface area contributed by atoms with Crippen molar-refractivity contribution in [3.63, 3.8) is 0 Å². The van der Waals surface area contributed by atoms with Crippen LogP contribution in [0.25, 0.3) is 0 Å². The van der Waals surface area contributed by atoms with E-state index in [1.54, 1.807) is 12.4 Å². The molecule has 0 saturated heterocycles. The van der Waals surface area contributed by atoms with E-state index in [0.29, 0.717) is 18.6 Å². The van der Waals surface area contributed by atoms with Gasteiger partial charge in [-0.25, -0.2) is 0 Å². The average Bonchev–Trinajstić information content (AvgIpc) is 2.47. The van der Waals surface area contributed by atoms with Gasteiger partial charge in [0.2, 0.25) is 0 Å². The van der Waals surface area contributed by atoms with Crippen LogP contribution in [0.15, 0.2) is 54.9 Å². The number of benzene rings is 1. The van der Waals surface area contributed by atoms with Crippen LogP contribution < -0.4 is 4.74 Å². The third-order valence-electron chi connectivity index (χ3n) is 3.61. The van der Waals surface area contributed by atoms with Gasteiger partial charge in [-0.15, -0.1) is 0 Å². The Balaban J connectivity index is 1.33.